The van der Waals surface area contributed by atoms with Gasteiger partial charge in [0.15, 0.2) is 12.6 Å². The lowest BCUT2D eigenvalue weighted by Gasteiger charge is -2.26. The van der Waals surface area contributed by atoms with Crippen LogP contribution in [0.15, 0.2) is 0 Å². The summed E-state index contributed by atoms with van der Waals surface area (Å²) in [6.07, 6.45) is 28.4. The first-order valence-electron chi connectivity index (χ1n) is 26.6. The molecule has 0 aliphatic carbocycles. The predicted molar refractivity (Wildman–Crippen MR) is 290 cm³/mol. The largest absolute Gasteiger partial charge is 0.356 e. The van der Waals surface area contributed by atoms with Gasteiger partial charge in [0.2, 0.25) is 0 Å². The third-order valence-corrected chi connectivity index (χ3v) is 15.9. The van der Waals surface area contributed by atoms with Crippen molar-refractivity contribution in [2.75, 3.05) is 23.1 Å². The Kier molecular flexibility index (Phi) is 39.2. The minimum absolute atomic E-state index is 0.183. The van der Waals surface area contributed by atoms with Gasteiger partial charge in [-0.3, -0.25) is 0 Å². The van der Waals surface area contributed by atoms with Crippen molar-refractivity contribution in [1.29, 1.82) is 0 Å². The van der Waals surface area contributed by atoms with Gasteiger partial charge < -0.3 is 14.2 Å². The fraction of sp³-hybridized carbons (Fsp3) is 1.00. The quantitative estimate of drug-likeness (QED) is 0.0346. The van der Waals surface area contributed by atoms with Crippen LogP contribution in [0.1, 0.15) is 238 Å². The second-order valence-electron chi connectivity index (χ2n) is 23.3. The van der Waals surface area contributed by atoms with Crippen LogP contribution < -0.4 is 0 Å². The summed E-state index contributed by atoms with van der Waals surface area (Å²) in [6, 6.07) is 0. The van der Waals surface area contributed by atoms with Gasteiger partial charge in [0.25, 0.3) is 0 Å². The lowest BCUT2D eigenvalue weighted by atomic mass is 9.80. The third-order valence-electron chi connectivity index (χ3n) is 14.4. The van der Waals surface area contributed by atoms with Crippen molar-refractivity contribution in [3.8, 4) is 0 Å². The average molecular weight is 1090 g/mol. The van der Waals surface area contributed by atoms with E-state index >= 15 is 0 Å². The standard InChI is InChI=1S/C56H112I2O3/c1-41(29-45(5)33-49(9)37-53(13)39-51(11)35-47(7)31-43(3)23-19-27-57)21-17-25-55(59-15)61-56(60-16)26-18-22-42(2)30-46(6)34-50(10)38-54(14)40-52(12)36-48(8)32-44(4)24-20-28-58/h41-56H,17-40H2,1-16H3. The Hall–Kier alpha value is 1.34. The normalized spacial score (nSPS) is 20.4. The highest BCUT2D eigenvalue weighted by Crippen LogP contribution is 2.33. The minimum atomic E-state index is -0.183. The first-order valence-corrected chi connectivity index (χ1v) is 29.7. The van der Waals surface area contributed by atoms with Crippen molar-refractivity contribution in [3.63, 3.8) is 0 Å². The molecule has 5 heteroatoms. The van der Waals surface area contributed by atoms with Gasteiger partial charge in [0, 0.05) is 14.2 Å². The molecule has 0 rings (SSSR count). The Balaban J connectivity index is 4.38. The van der Waals surface area contributed by atoms with Crippen LogP contribution in [0.5, 0.6) is 0 Å². The van der Waals surface area contributed by atoms with Crippen LogP contribution in [0.25, 0.3) is 0 Å². The lowest BCUT2D eigenvalue weighted by Crippen LogP contribution is -2.25. The predicted octanol–water partition coefficient (Wildman–Crippen LogP) is 19.3. The summed E-state index contributed by atoms with van der Waals surface area (Å²) in [4.78, 5) is 0. The van der Waals surface area contributed by atoms with Crippen molar-refractivity contribution in [2.45, 2.75) is 251 Å². The van der Waals surface area contributed by atoms with E-state index < -0.39 is 0 Å². The Bertz CT molecular complexity index is 890. The summed E-state index contributed by atoms with van der Waals surface area (Å²) < 4.78 is 20.6. The molecule has 0 amide bonds. The van der Waals surface area contributed by atoms with Gasteiger partial charge in [-0.25, -0.2) is 0 Å². The van der Waals surface area contributed by atoms with Gasteiger partial charge in [0.05, 0.1) is 0 Å². The average Bonchev–Trinajstić information content (AvgIpc) is 3.14. The maximum absolute atomic E-state index is 6.37. The second-order valence-corrected chi connectivity index (χ2v) is 25.4. The van der Waals surface area contributed by atoms with Crippen LogP contribution >= 0.6 is 45.2 Å². The van der Waals surface area contributed by atoms with Gasteiger partial charge >= 0.3 is 0 Å². The molecule has 0 saturated heterocycles. The summed E-state index contributed by atoms with van der Waals surface area (Å²) in [5, 5.41) is 0. The number of hydrogen-bond acceptors (Lipinski definition) is 3. The number of ether oxygens (including phenoxy) is 3. The van der Waals surface area contributed by atoms with Crippen molar-refractivity contribution >= 4 is 45.2 Å². The summed E-state index contributed by atoms with van der Waals surface area (Å²) in [7, 11) is 3.59. The van der Waals surface area contributed by atoms with E-state index in [1.54, 1.807) is 14.2 Å². The molecule has 0 bridgehead atoms. The molecule has 0 heterocycles. The fourth-order valence-electron chi connectivity index (χ4n) is 12.4. The van der Waals surface area contributed by atoms with Crippen molar-refractivity contribution in [1.82, 2.24) is 0 Å². The summed E-state index contributed by atoms with van der Waals surface area (Å²) in [5.41, 5.74) is 0. The first kappa shape index (κ1) is 62.3. The van der Waals surface area contributed by atoms with Crippen LogP contribution in [0.3, 0.4) is 0 Å². The zero-order valence-corrected chi connectivity index (χ0v) is 48.5. The number of halogens is 2. The molecule has 3 nitrogen and oxygen atoms in total. The van der Waals surface area contributed by atoms with Crippen LogP contribution in [0.2, 0.25) is 0 Å². The minimum Gasteiger partial charge on any atom is -0.356 e. The smallest absolute Gasteiger partial charge is 0.160 e. The molecule has 0 aliphatic rings. The second kappa shape index (κ2) is 38.3. The highest BCUT2D eigenvalue weighted by atomic mass is 127. The first-order chi connectivity index (χ1) is 28.8. The molecular weight excluding hydrogens is 974 g/mol. The van der Waals surface area contributed by atoms with E-state index in [2.05, 4.69) is 142 Å². The van der Waals surface area contributed by atoms with Gasteiger partial charge in [0.1, 0.15) is 0 Å². The van der Waals surface area contributed by atoms with E-state index in [9.17, 15) is 0 Å². The van der Waals surface area contributed by atoms with Crippen molar-refractivity contribution in [2.24, 2.45) is 82.9 Å². The Labute approximate surface area is 413 Å². The Morgan fingerprint density at radius 3 is 0.623 bits per heavy atom. The van der Waals surface area contributed by atoms with E-state index in [1.807, 2.05) is 0 Å². The molecule has 0 aromatic carbocycles. The molecule has 0 saturated carbocycles. The van der Waals surface area contributed by atoms with Crippen LogP contribution in [-0.2, 0) is 14.2 Å². The lowest BCUT2D eigenvalue weighted by molar-refractivity contribution is -0.233. The summed E-state index contributed by atoms with van der Waals surface area (Å²) in [5.74, 6) is 11.5. The van der Waals surface area contributed by atoms with Crippen LogP contribution in [-0.4, -0.2) is 35.7 Å². The Morgan fingerprint density at radius 2 is 0.443 bits per heavy atom. The zero-order valence-electron chi connectivity index (χ0n) is 44.2. The van der Waals surface area contributed by atoms with Crippen LogP contribution in [0, 0.1) is 82.9 Å². The van der Waals surface area contributed by atoms with E-state index in [0.29, 0.717) is 0 Å². The summed E-state index contributed by atoms with van der Waals surface area (Å²) >= 11 is 5.05. The number of methoxy groups -OCH3 is 2. The third kappa shape index (κ3) is 36.1. The summed E-state index contributed by atoms with van der Waals surface area (Å²) in [6.45, 7) is 34.9. The number of hydrogen-bond donors (Lipinski definition) is 0. The van der Waals surface area contributed by atoms with Gasteiger partial charge in [-0.05, 0) is 220 Å². The number of alkyl halides is 2. The van der Waals surface area contributed by atoms with Crippen molar-refractivity contribution < 1.29 is 14.2 Å². The van der Waals surface area contributed by atoms with E-state index in [-0.39, 0.29) is 12.6 Å². The molecule has 0 aromatic heterocycles. The number of rotatable bonds is 42. The molecule has 61 heavy (non-hydrogen) atoms. The highest BCUT2D eigenvalue weighted by Gasteiger charge is 2.22. The van der Waals surface area contributed by atoms with E-state index in [4.69, 9.17) is 14.2 Å². The molecule has 16 unspecified atom stereocenters. The molecule has 16 atom stereocenters. The molecule has 0 radical (unpaired) electrons. The molecule has 0 spiro atoms. The molecule has 0 aliphatic heterocycles. The van der Waals surface area contributed by atoms with E-state index in [0.717, 1.165) is 109 Å². The van der Waals surface area contributed by atoms with Gasteiger partial charge in [-0.2, -0.15) is 0 Å². The molecule has 368 valence electrons. The fourth-order valence-corrected chi connectivity index (χ4v) is 13.3. The maximum Gasteiger partial charge on any atom is 0.160 e. The molecular formula is C56H112I2O3. The topological polar surface area (TPSA) is 27.7 Å². The zero-order chi connectivity index (χ0) is 46.3. The molecule has 0 fully saturated rings. The van der Waals surface area contributed by atoms with Gasteiger partial charge in [-0.15, -0.1) is 0 Å². The maximum atomic E-state index is 6.37. The highest BCUT2D eigenvalue weighted by molar-refractivity contribution is 14.1. The molecule has 0 N–H and O–H groups in total. The SMILES string of the molecule is COC(CCCC(C)CC(C)CC(C)CC(C)CC(C)CC(C)CC(C)CCCI)OC(CCCC(C)CC(C)CC(C)CC(C)CC(C)CC(C)CC(C)CCCI)OC. The van der Waals surface area contributed by atoms with E-state index in [1.165, 1.54) is 124 Å². The Morgan fingerprint density at radius 1 is 0.262 bits per heavy atom. The monoisotopic (exact) mass is 1090 g/mol. The van der Waals surface area contributed by atoms with Crippen LogP contribution in [0.4, 0.5) is 0 Å². The molecule has 0 aromatic rings. The van der Waals surface area contributed by atoms with Gasteiger partial charge in [-0.1, -0.05) is 155 Å². The van der Waals surface area contributed by atoms with Crippen molar-refractivity contribution in [3.05, 3.63) is 0 Å².